The highest BCUT2D eigenvalue weighted by molar-refractivity contribution is 9.10. The van der Waals surface area contributed by atoms with Gasteiger partial charge in [0.15, 0.2) is 0 Å². The molecule has 140 valence electrons. The number of anilines is 1. The van der Waals surface area contributed by atoms with E-state index < -0.39 is 0 Å². The molecule has 0 saturated carbocycles. The number of hydrogen-bond acceptors (Lipinski definition) is 6. The molecule has 1 fully saturated rings. The Bertz CT molecular complexity index is 935. The Morgan fingerprint density at radius 3 is 2.81 bits per heavy atom. The van der Waals surface area contributed by atoms with Crippen molar-refractivity contribution >= 4 is 38.3 Å². The van der Waals surface area contributed by atoms with Crippen LogP contribution in [0.3, 0.4) is 0 Å². The molecule has 0 atom stereocenters. The van der Waals surface area contributed by atoms with Crippen LogP contribution in [0.2, 0.25) is 0 Å². The molecule has 0 radical (unpaired) electrons. The fourth-order valence-electron chi connectivity index (χ4n) is 2.84. The number of aromatic nitrogens is 3. The summed E-state index contributed by atoms with van der Waals surface area (Å²) >= 11 is 4.91. The van der Waals surface area contributed by atoms with E-state index in [-0.39, 0.29) is 5.91 Å². The highest BCUT2D eigenvalue weighted by Gasteiger charge is 2.19. The quantitative estimate of drug-likeness (QED) is 0.650. The molecule has 1 aliphatic rings. The molecule has 1 aromatic carbocycles. The van der Waals surface area contributed by atoms with Gasteiger partial charge >= 0.3 is 0 Å². The van der Waals surface area contributed by atoms with Gasteiger partial charge in [-0.25, -0.2) is 0 Å². The van der Waals surface area contributed by atoms with Crippen molar-refractivity contribution in [1.29, 1.82) is 0 Å². The average Bonchev–Trinajstić information content (AvgIpc) is 3.36. The second kappa shape index (κ2) is 8.20. The number of nitrogens with zero attached hydrogens (tertiary/aromatic N) is 4. The molecule has 1 amide bonds. The lowest BCUT2D eigenvalue weighted by Gasteiger charge is -2.25. The number of hydrogen-bond donors (Lipinski definition) is 1. The summed E-state index contributed by atoms with van der Waals surface area (Å²) in [7, 11) is 0. The first-order chi connectivity index (χ1) is 13.2. The van der Waals surface area contributed by atoms with Crippen LogP contribution in [0.5, 0.6) is 0 Å². The van der Waals surface area contributed by atoms with Crippen molar-refractivity contribution in [3.05, 3.63) is 58.3 Å². The second-order valence-corrected chi connectivity index (χ2v) is 7.89. The van der Waals surface area contributed by atoms with Crippen LogP contribution >= 0.6 is 27.3 Å². The number of amides is 1. The zero-order chi connectivity index (χ0) is 18.6. The summed E-state index contributed by atoms with van der Waals surface area (Å²) in [5.41, 5.74) is 1.57. The van der Waals surface area contributed by atoms with Crippen molar-refractivity contribution in [3.63, 3.8) is 0 Å². The van der Waals surface area contributed by atoms with Crippen molar-refractivity contribution in [2.75, 3.05) is 31.2 Å². The number of nitrogens with one attached hydrogen (secondary N) is 1. The van der Waals surface area contributed by atoms with Crippen molar-refractivity contribution in [1.82, 2.24) is 20.1 Å². The van der Waals surface area contributed by atoms with Gasteiger partial charge in [0, 0.05) is 30.3 Å². The standard InChI is InChI=1S/C18H18BrN5O2S/c19-14-4-1-3-13(11-14)12-20-16(25)15-5-2-6-24(15)18-22-21-17(27-18)23-7-9-26-10-8-23/h1-6,11H,7-10,12H2,(H,20,25). The van der Waals surface area contributed by atoms with Crippen LogP contribution in [0.4, 0.5) is 5.13 Å². The highest BCUT2D eigenvalue weighted by Crippen LogP contribution is 2.25. The topological polar surface area (TPSA) is 72.3 Å². The maximum atomic E-state index is 12.7. The summed E-state index contributed by atoms with van der Waals surface area (Å²) in [6.45, 7) is 3.46. The summed E-state index contributed by atoms with van der Waals surface area (Å²) in [6, 6.07) is 11.5. The number of carbonyl (C=O) groups is 1. The van der Waals surface area contributed by atoms with Crippen LogP contribution in [0.15, 0.2) is 47.1 Å². The zero-order valence-corrected chi connectivity index (χ0v) is 16.9. The van der Waals surface area contributed by atoms with Gasteiger partial charge in [0.25, 0.3) is 5.91 Å². The molecule has 27 heavy (non-hydrogen) atoms. The molecule has 0 bridgehead atoms. The minimum atomic E-state index is -0.150. The maximum Gasteiger partial charge on any atom is 0.268 e. The Labute approximate surface area is 169 Å². The molecule has 3 heterocycles. The Hall–Kier alpha value is -2.23. The predicted molar refractivity (Wildman–Crippen MR) is 108 cm³/mol. The lowest BCUT2D eigenvalue weighted by molar-refractivity contribution is 0.0944. The Morgan fingerprint density at radius 1 is 1.19 bits per heavy atom. The zero-order valence-electron chi connectivity index (χ0n) is 14.5. The normalized spacial score (nSPS) is 14.3. The lowest BCUT2D eigenvalue weighted by atomic mass is 10.2. The van der Waals surface area contributed by atoms with E-state index in [0.717, 1.165) is 28.3 Å². The van der Waals surface area contributed by atoms with Crippen molar-refractivity contribution in [3.8, 4) is 5.13 Å². The Kier molecular flexibility index (Phi) is 5.51. The van der Waals surface area contributed by atoms with E-state index in [9.17, 15) is 4.79 Å². The third-order valence-corrected chi connectivity index (χ3v) is 5.69. The van der Waals surface area contributed by atoms with E-state index in [2.05, 4.69) is 36.3 Å². The van der Waals surface area contributed by atoms with E-state index >= 15 is 0 Å². The summed E-state index contributed by atoms with van der Waals surface area (Å²) in [6.07, 6.45) is 1.83. The van der Waals surface area contributed by atoms with Crippen LogP contribution < -0.4 is 10.2 Å². The lowest BCUT2D eigenvalue weighted by Crippen LogP contribution is -2.36. The highest BCUT2D eigenvalue weighted by atomic mass is 79.9. The predicted octanol–water partition coefficient (Wildman–Crippen LogP) is 2.86. The fraction of sp³-hybridized carbons (Fsp3) is 0.278. The fourth-order valence-corrected chi connectivity index (χ4v) is 4.18. The second-order valence-electron chi connectivity index (χ2n) is 6.04. The summed E-state index contributed by atoms with van der Waals surface area (Å²) in [5.74, 6) is -0.150. The van der Waals surface area contributed by atoms with Gasteiger partial charge in [0.2, 0.25) is 10.3 Å². The van der Waals surface area contributed by atoms with Crippen molar-refractivity contribution in [2.24, 2.45) is 0 Å². The monoisotopic (exact) mass is 447 g/mol. The van der Waals surface area contributed by atoms with Gasteiger partial charge in [-0.1, -0.05) is 39.4 Å². The van der Waals surface area contributed by atoms with Crippen molar-refractivity contribution < 1.29 is 9.53 Å². The molecule has 9 heteroatoms. The largest absolute Gasteiger partial charge is 0.378 e. The molecule has 1 aliphatic heterocycles. The van der Waals surface area contributed by atoms with Gasteiger partial charge in [-0.3, -0.25) is 9.36 Å². The van der Waals surface area contributed by atoms with Crippen LogP contribution in [0.25, 0.3) is 5.13 Å². The minimum absolute atomic E-state index is 0.150. The Balaban J connectivity index is 1.47. The maximum absolute atomic E-state index is 12.7. The molecule has 4 rings (SSSR count). The number of halogens is 1. The van der Waals surface area contributed by atoms with Crippen LogP contribution in [0, 0.1) is 0 Å². The van der Waals surface area contributed by atoms with Gasteiger partial charge in [-0.15, -0.1) is 10.2 Å². The van der Waals surface area contributed by atoms with Gasteiger partial charge in [0.05, 0.1) is 13.2 Å². The number of carbonyl (C=O) groups excluding carboxylic acids is 1. The molecule has 1 saturated heterocycles. The molecular weight excluding hydrogens is 430 g/mol. The van der Waals surface area contributed by atoms with E-state index in [4.69, 9.17) is 4.74 Å². The van der Waals surface area contributed by atoms with E-state index in [0.29, 0.717) is 30.6 Å². The smallest absolute Gasteiger partial charge is 0.268 e. The Morgan fingerprint density at radius 2 is 2.00 bits per heavy atom. The van der Waals surface area contributed by atoms with Gasteiger partial charge < -0.3 is 15.0 Å². The molecule has 0 unspecified atom stereocenters. The third-order valence-electron chi connectivity index (χ3n) is 4.21. The molecule has 0 spiro atoms. The van der Waals surface area contributed by atoms with E-state index in [1.54, 1.807) is 10.6 Å². The van der Waals surface area contributed by atoms with Gasteiger partial charge in [-0.05, 0) is 29.8 Å². The van der Waals surface area contributed by atoms with E-state index in [1.807, 2.05) is 36.5 Å². The van der Waals surface area contributed by atoms with E-state index in [1.165, 1.54) is 11.3 Å². The first-order valence-corrected chi connectivity index (χ1v) is 10.2. The molecule has 2 aromatic heterocycles. The minimum Gasteiger partial charge on any atom is -0.378 e. The molecular formula is C18H18BrN5O2S. The summed E-state index contributed by atoms with van der Waals surface area (Å²) in [4.78, 5) is 14.8. The first kappa shape index (κ1) is 18.1. The summed E-state index contributed by atoms with van der Waals surface area (Å²) in [5, 5.41) is 13.0. The van der Waals surface area contributed by atoms with Gasteiger partial charge in [-0.2, -0.15) is 0 Å². The van der Waals surface area contributed by atoms with Gasteiger partial charge in [0.1, 0.15) is 5.69 Å². The average molecular weight is 448 g/mol. The van der Waals surface area contributed by atoms with Crippen LogP contribution in [0.1, 0.15) is 16.1 Å². The molecule has 7 nitrogen and oxygen atoms in total. The van der Waals surface area contributed by atoms with Crippen LogP contribution in [-0.4, -0.2) is 47.0 Å². The number of morpholine rings is 1. The van der Waals surface area contributed by atoms with Crippen molar-refractivity contribution in [2.45, 2.75) is 6.54 Å². The molecule has 0 aliphatic carbocycles. The SMILES string of the molecule is O=C(NCc1cccc(Br)c1)c1cccn1-c1nnc(N2CCOCC2)s1. The van der Waals surface area contributed by atoms with Crippen LogP contribution in [-0.2, 0) is 11.3 Å². The number of ether oxygens (including phenoxy) is 1. The number of benzene rings is 1. The molecule has 1 N–H and O–H groups in total. The number of rotatable bonds is 5. The third kappa shape index (κ3) is 4.20. The first-order valence-electron chi connectivity index (χ1n) is 8.57. The molecule has 3 aromatic rings. The summed E-state index contributed by atoms with van der Waals surface area (Å²) < 4.78 is 8.14.